The molecule has 0 fully saturated rings. The Morgan fingerprint density at radius 3 is 2.79 bits per heavy atom. The number of fused-ring (bicyclic) bond motifs is 1. The first-order valence-electron chi connectivity index (χ1n) is 9.53. The molecular weight excluding hydrogens is 366 g/mol. The van der Waals surface area contributed by atoms with E-state index in [1.54, 1.807) is 16.5 Å². The third-order valence-corrected chi connectivity index (χ3v) is 4.90. The van der Waals surface area contributed by atoms with E-state index in [1.165, 1.54) is 0 Å². The predicted molar refractivity (Wildman–Crippen MR) is 101 cm³/mol. The molecule has 2 heterocycles. The predicted octanol–water partition coefficient (Wildman–Crippen LogP) is 3.62. The number of carbonyl (C=O) groups excluding carboxylic acids is 2. The Bertz CT molecular complexity index is 895. The van der Waals surface area contributed by atoms with Crippen LogP contribution in [0.5, 0.6) is 0 Å². The Balaban J connectivity index is 1.89. The highest BCUT2D eigenvalue weighted by Gasteiger charge is 2.29. The van der Waals surface area contributed by atoms with Gasteiger partial charge in [0.25, 0.3) is 11.8 Å². The molecule has 0 atom stereocenters. The van der Waals surface area contributed by atoms with Crippen molar-refractivity contribution < 1.29 is 18.4 Å². The molecule has 2 amide bonds. The Labute approximate surface area is 162 Å². The minimum absolute atomic E-state index is 0.0747. The average molecular weight is 390 g/mol. The Kier molecular flexibility index (Phi) is 6.06. The van der Waals surface area contributed by atoms with Crippen molar-refractivity contribution in [2.75, 3.05) is 18.9 Å². The summed E-state index contributed by atoms with van der Waals surface area (Å²) in [5.41, 5.74) is 0.889. The van der Waals surface area contributed by atoms with Gasteiger partial charge in [0, 0.05) is 26.2 Å². The number of nitrogens with one attached hydrogen (secondary N) is 1. The topological polar surface area (TPSA) is 67.2 Å². The summed E-state index contributed by atoms with van der Waals surface area (Å²) < 4.78 is 28.7. The number of unbranched alkanes of at least 4 members (excludes halogenated alkanes) is 1. The molecule has 0 bridgehead atoms. The molecule has 1 aliphatic rings. The minimum Gasteiger partial charge on any atom is -0.340 e. The SMILES string of the molecule is CCCCN(C)C(=O)c1nc(C(=O)Nc2ccc(F)cc2F)n2c1CCCC2. The zero-order chi connectivity index (χ0) is 20.3. The van der Waals surface area contributed by atoms with E-state index in [1.807, 2.05) is 6.92 Å². The van der Waals surface area contributed by atoms with Gasteiger partial charge in [0.2, 0.25) is 0 Å². The highest BCUT2D eigenvalue weighted by Crippen LogP contribution is 2.23. The van der Waals surface area contributed by atoms with Crippen molar-refractivity contribution in [1.29, 1.82) is 0 Å². The fraction of sp³-hybridized carbons (Fsp3) is 0.450. The van der Waals surface area contributed by atoms with Gasteiger partial charge in [-0.1, -0.05) is 13.3 Å². The van der Waals surface area contributed by atoms with Gasteiger partial charge in [-0.15, -0.1) is 0 Å². The number of rotatable bonds is 6. The second-order valence-corrected chi connectivity index (χ2v) is 7.00. The van der Waals surface area contributed by atoms with Crippen LogP contribution in [0, 0.1) is 11.6 Å². The zero-order valence-electron chi connectivity index (χ0n) is 16.1. The summed E-state index contributed by atoms with van der Waals surface area (Å²) in [5, 5.41) is 2.43. The highest BCUT2D eigenvalue weighted by atomic mass is 19.1. The van der Waals surface area contributed by atoms with E-state index in [9.17, 15) is 18.4 Å². The van der Waals surface area contributed by atoms with Gasteiger partial charge in [-0.05, 0) is 37.8 Å². The number of benzene rings is 1. The van der Waals surface area contributed by atoms with Crippen LogP contribution in [-0.4, -0.2) is 39.9 Å². The molecule has 6 nitrogen and oxygen atoms in total. The number of carbonyl (C=O) groups is 2. The van der Waals surface area contributed by atoms with Gasteiger partial charge in [-0.2, -0.15) is 0 Å². The number of imidazole rings is 1. The van der Waals surface area contributed by atoms with Crippen LogP contribution in [0.2, 0.25) is 0 Å². The molecule has 0 radical (unpaired) electrons. The normalized spacial score (nSPS) is 13.1. The summed E-state index contributed by atoms with van der Waals surface area (Å²) in [5.74, 6) is -2.35. The molecule has 8 heteroatoms. The van der Waals surface area contributed by atoms with Crippen LogP contribution in [0.3, 0.4) is 0 Å². The van der Waals surface area contributed by atoms with E-state index in [0.29, 0.717) is 25.6 Å². The van der Waals surface area contributed by atoms with Crippen molar-refractivity contribution >= 4 is 17.5 Å². The summed E-state index contributed by atoms with van der Waals surface area (Å²) in [6.07, 6.45) is 4.30. The lowest BCUT2D eigenvalue weighted by Gasteiger charge is -2.19. The second kappa shape index (κ2) is 8.50. The number of halogens is 2. The maximum atomic E-state index is 13.9. The summed E-state index contributed by atoms with van der Waals surface area (Å²) in [6, 6.07) is 2.93. The molecule has 0 aliphatic carbocycles. The maximum absolute atomic E-state index is 13.9. The van der Waals surface area contributed by atoms with Gasteiger partial charge in [0.15, 0.2) is 5.82 Å². The largest absolute Gasteiger partial charge is 0.340 e. The molecule has 28 heavy (non-hydrogen) atoms. The van der Waals surface area contributed by atoms with Gasteiger partial charge >= 0.3 is 0 Å². The van der Waals surface area contributed by atoms with Crippen molar-refractivity contribution in [1.82, 2.24) is 14.5 Å². The molecule has 3 rings (SSSR count). The lowest BCUT2D eigenvalue weighted by atomic mass is 10.1. The first kappa shape index (κ1) is 20.0. The molecule has 0 saturated carbocycles. The van der Waals surface area contributed by atoms with Crippen molar-refractivity contribution in [3.05, 3.63) is 47.0 Å². The van der Waals surface area contributed by atoms with Crippen LogP contribution in [0.15, 0.2) is 18.2 Å². The highest BCUT2D eigenvalue weighted by molar-refractivity contribution is 6.03. The van der Waals surface area contributed by atoms with E-state index in [-0.39, 0.29) is 23.1 Å². The number of anilines is 1. The van der Waals surface area contributed by atoms with E-state index in [0.717, 1.165) is 43.5 Å². The van der Waals surface area contributed by atoms with Crippen LogP contribution in [0.25, 0.3) is 0 Å². The fourth-order valence-corrected chi connectivity index (χ4v) is 3.33. The molecule has 0 spiro atoms. The van der Waals surface area contributed by atoms with Crippen LogP contribution in [0.1, 0.15) is 59.4 Å². The second-order valence-electron chi connectivity index (χ2n) is 7.00. The van der Waals surface area contributed by atoms with E-state index >= 15 is 0 Å². The van der Waals surface area contributed by atoms with Crippen molar-refractivity contribution in [3.63, 3.8) is 0 Å². The van der Waals surface area contributed by atoms with Crippen LogP contribution in [0.4, 0.5) is 14.5 Å². The molecule has 0 saturated heterocycles. The standard InChI is InChI=1S/C20H24F2N4O2/c1-3-4-10-25(2)20(28)17-16-7-5-6-11-26(16)18(24-17)19(27)23-15-9-8-13(21)12-14(15)22/h8-9,12H,3-7,10-11H2,1-2H3,(H,23,27). The van der Waals surface area contributed by atoms with Crippen LogP contribution >= 0.6 is 0 Å². The van der Waals surface area contributed by atoms with Gasteiger partial charge in [0.1, 0.15) is 17.3 Å². The summed E-state index contributed by atoms with van der Waals surface area (Å²) in [7, 11) is 1.72. The first-order valence-corrected chi connectivity index (χ1v) is 9.53. The molecule has 150 valence electrons. The van der Waals surface area contributed by atoms with Gasteiger partial charge in [-0.25, -0.2) is 13.8 Å². The Morgan fingerprint density at radius 2 is 2.07 bits per heavy atom. The zero-order valence-corrected chi connectivity index (χ0v) is 16.1. The van der Waals surface area contributed by atoms with Crippen LogP contribution < -0.4 is 5.32 Å². The first-order chi connectivity index (χ1) is 13.4. The van der Waals surface area contributed by atoms with Crippen molar-refractivity contribution in [2.24, 2.45) is 0 Å². The number of hydrogen-bond donors (Lipinski definition) is 1. The maximum Gasteiger partial charge on any atom is 0.291 e. The fourth-order valence-electron chi connectivity index (χ4n) is 3.33. The summed E-state index contributed by atoms with van der Waals surface area (Å²) >= 11 is 0. The number of nitrogens with zero attached hydrogens (tertiary/aromatic N) is 3. The molecule has 1 aromatic carbocycles. The molecule has 2 aromatic rings. The van der Waals surface area contributed by atoms with Crippen molar-refractivity contribution in [3.8, 4) is 0 Å². The third kappa shape index (κ3) is 4.05. The molecule has 1 N–H and O–H groups in total. The Morgan fingerprint density at radius 1 is 1.29 bits per heavy atom. The molecule has 1 aliphatic heterocycles. The summed E-state index contributed by atoms with van der Waals surface area (Å²) in [4.78, 5) is 31.5. The van der Waals surface area contributed by atoms with Gasteiger partial charge in [0.05, 0.1) is 11.4 Å². The molecule has 1 aromatic heterocycles. The lowest BCUT2D eigenvalue weighted by molar-refractivity contribution is 0.0786. The monoisotopic (exact) mass is 390 g/mol. The van der Waals surface area contributed by atoms with Gasteiger partial charge in [-0.3, -0.25) is 9.59 Å². The molecule has 0 unspecified atom stereocenters. The van der Waals surface area contributed by atoms with E-state index in [2.05, 4.69) is 10.3 Å². The minimum atomic E-state index is -0.866. The van der Waals surface area contributed by atoms with E-state index in [4.69, 9.17) is 0 Å². The van der Waals surface area contributed by atoms with Crippen LogP contribution in [-0.2, 0) is 13.0 Å². The van der Waals surface area contributed by atoms with E-state index < -0.39 is 17.5 Å². The number of amides is 2. The molecular formula is C20H24F2N4O2. The number of aromatic nitrogens is 2. The van der Waals surface area contributed by atoms with Gasteiger partial charge < -0.3 is 14.8 Å². The quantitative estimate of drug-likeness (QED) is 0.819. The number of hydrogen-bond acceptors (Lipinski definition) is 3. The lowest BCUT2D eigenvalue weighted by Crippen LogP contribution is -2.29. The summed E-state index contributed by atoms with van der Waals surface area (Å²) in [6.45, 7) is 3.24. The third-order valence-electron chi connectivity index (χ3n) is 4.90. The average Bonchev–Trinajstić information content (AvgIpc) is 3.07. The smallest absolute Gasteiger partial charge is 0.291 e. The Hall–Kier alpha value is -2.77. The van der Waals surface area contributed by atoms with Crippen molar-refractivity contribution in [2.45, 2.75) is 45.6 Å².